The summed E-state index contributed by atoms with van der Waals surface area (Å²) in [6.45, 7) is 4.50. The SMILES string of the molecule is CCCCCCCCCCCCCCCCC(Oc1cccc2cc3ccccc3cc12)C(=O)OCC. The summed E-state index contributed by atoms with van der Waals surface area (Å²) in [7, 11) is 0. The van der Waals surface area contributed by atoms with Crippen LogP contribution in [-0.2, 0) is 9.53 Å². The van der Waals surface area contributed by atoms with Gasteiger partial charge in [0.2, 0.25) is 0 Å². The summed E-state index contributed by atoms with van der Waals surface area (Å²) < 4.78 is 11.7. The van der Waals surface area contributed by atoms with Gasteiger partial charge in [0.1, 0.15) is 5.75 Å². The highest BCUT2D eigenvalue weighted by molar-refractivity contribution is 6.01. The zero-order valence-corrected chi connectivity index (χ0v) is 23.3. The highest BCUT2D eigenvalue weighted by Gasteiger charge is 2.22. The molecule has 0 aliphatic rings. The van der Waals surface area contributed by atoms with Crippen molar-refractivity contribution in [3.8, 4) is 5.75 Å². The fraction of sp³-hybridized carbons (Fsp3) is 0.559. The van der Waals surface area contributed by atoms with Gasteiger partial charge in [0.25, 0.3) is 0 Å². The van der Waals surface area contributed by atoms with Crippen LogP contribution in [0.15, 0.2) is 54.6 Å². The van der Waals surface area contributed by atoms with Gasteiger partial charge in [0.05, 0.1) is 6.61 Å². The Bertz CT molecular complexity index is 1060. The van der Waals surface area contributed by atoms with Gasteiger partial charge in [0.15, 0.2) is 6.10 Å². The summed E-state index contributed by atoms with van der Waals surface area (Å²) in [6.07, 6.45) is 18.6. The summed E-state index contributed by atoms with van der Waals surface area (Å²) in [6, 6.07) is 18.8. The fourth-order valence-corrected chi connectivity index (χ4v) is 5.18. The molecule has 3 heteroatoms. The first-order valence-electron chi connectivity index (χ1n) is 15.0. The van der Waals surface area contributed by atoms with E-state index in [1.54, 1.807) is 0 Å². The Hall–Kier alpha value is -2.55. The van der Waals surface area contributed by atoms with Crippen LogP contribution in [0.5, 0.6) is 5.75 Å². The summed E-state index contributed by atoms with van der Waals surface area (Å²) in [5.74, 6) is 0.502. The molecule has 0 aliphatic heterocycles. The molecule has 0 N–H and O–H groups in total. The number of benzene rings is 3. The van der Waals surface area contributed by atoms with E-state index in [1.807, 2.05) is 19.1 Å². The van der Waals surface area contributed by atoms with Gasteiger partial charge >= 0.3 is 5.97 Å². The number of hydrogen-bond donors (Lipinski definition) is 0. The molecule has 0 radical (unpaired) electrons. The van der Waals surface area contributed by atoms with Crippen LogP contribution in [0, 0.1) is 0 Å². The second-order valence-electron chi connectivity index (χ2n) is 10.4. The molecule has 3 nitrogen and oxygen atoms in total. The number of hydrogen-bond acceptors (Lipinski definition) is 3. The van der Waals surface area contributed by atoms with E-state index in [1.165, 1.54) is 87.8 Å². The Morgan fingerprint density at radius 3 is 1.78 bits per heavy atom. The molecular weight excluding hydrogens is 456 g/mol. The summed E-state index contributed by atoms with van der Waals surface area (Å²) in [5.41, 5.74) is 0. The molecule has 1 atom stereocenters. The number of ether oxygens (including phenoxy) is 2. The van der Waals surface area contributed by atoms with E-state index >= 15 is 0 Å². The van der Waals surface area contributed by atoms with Crippen LogP contribution in [0.4, 0.5) is 0 Å². The molecule has 1 unspecified atom stereocenters. The Kier molecular flexibility index (Phi) is 13.4. The molecule has 0 saturated heterocycles. The maximum Gasteiger partial charge on any atom is 0.347 e. The lowest BCUT2D eigenvalue weighted by atomic mass is 10.0. The molecule has 0 aromatic heterocycles. The van der Waals surface area contributed by atoms with Gasteiger partial charge in [-0.05, 0) is 54.1 Å². The molecule has 0 heterocycles. The predicted molar refractivity (Wildman–Crippen MR) is 157 cm³/mol. The lowest BCUT2D eigenvalue weighted by Gasteiger charge is -2.19. The first-order valence-corrected chi connectivity index (χ1v) is 15.0. The molecule has 0 aliphatic carbocycles. The Morgan fingerprint density at radius 2 is 1.19 bits per heavy atom. The molecule has 3 rings (SSSR count). The average molecular weight is 505 g/mol. The van der Waals surface area contributed by atoms with Crippen molar-refractivity contribution < 1.29 is 14.3 Å². The molecule has 0 spiro atoms. The number of carbonyl (C=O) groups excluding carboxylic acids is 1. The van der Waals surface area contributed by atoms with Crippen LogP contribution < -0.4 is 4.74 Å². The van der Waals surface area contributed by atoms with Crippen LogP contribution in [0.25, 0.3) is 21.5 Å². The van der Waals surface area contributed by atoms with Crippen molar-refractivity contribution in [1.29, 1.82) is 0 Å². The number of unbranched alkanes of at least 4 members (excludes halogenated alkanes) is 13. The van der Waals surface area contributed by atoms with E-state index in [-0.39, 0.29) is 5.97 Å². The van der Waals surface area contributed by atoms with E-state index in [9.17, 15) is 4.79 Å². The molecule has 3 aromatic rings. The van der Waals surface area contributed by atoms with Crippen molar-refractivity contribution in [2.75, 3.05) is 6.61 Å². The van der Waals surface area contributed by atoms with Gasteiger partial charge in [-0.2, -0.15) is 0 Å². The zero-order valence-electron chi connectivity index (χ0n) is 23.3. The summed E-state index contributed by atoms with van der Waals surface area (Å²) in [4.78, 5) is 12.7. The molecule has 3 aromatic carbocycles. The van der Waals surface area contributed by atoms with Crippen LogP contribution in [0.3, 0.4) is 0 Å². The van der Waals surface area contributed by atoms with E-state index in [4.69, 9.17) is 9.47 Å². The number of esters is 1. The van der Waals surface area contributed by atoms with Gasteiger partial charge in [-0.1, -0.05) is 127 Å². The van der Waals surface area contributed by atoms with Crippen LogP contribution >= 0.6 is 0 Å². The lowest BCUT2D eigenvalue weighted by molar-refractivity contribution is -0.151. The molecule has 0 saturated carbocycles. The molecule has 0 bridgehead atoms. The normalized spacial score (nSPS) is 12.2. The van der Waals surface area contributed by atoms with Crippen molar-refractivity contribution in [2.24, 2.45) is 0 Å². The van der Waals surface area contributed by atoms with Gasteiger partial charge in [0, 0.05) is 5.39 Å². The highest BCUT2D eigenvalue weighted by Crippen LogP contribution is 2.31. The summed E-state index contributed by atoms with van der Waals surface area (Å²) in [5, 5.41) is 4.54. The van der Waals surface area contributed by atoms with Crippen LogP contribution in [0.2, 0.25) is 0 Å². The topological polar surface area (TPSA) is 35.5 Å². The predicted octanol–water partition coefficient (Wildman–Crippen LogP) is 10.2. The van der Waals surface area contributed by atoms with E-state index < -0.39 is 6.10 Å². The lowest BCUT2D eigenvalue weighted by Crippen LogP contribution is -2.29. The third-order valence-corrected chi connectivity index (χ3v) is 7.35. The molecule has 0 fully saturated rings. The first-order chi connectivity index (χ1) is 18.2. The minimum absolute atomic E-state index is 0.255. The number of fused-ring (bicyclic) bond motifs is 2. The smallest absolute Gasteiger partial charge is 0.347 e. The van der Waals surface area contributed by atoms with Crippen molar-refractivity contribution in [2.45, 2.75) is 116 Å². The standard InChI is InChI=1S/C34H48O3/c1-3-5-6-7-8-9-10-11-12-13-14-15-16-17-24-33(34(35)36-4-2)37-32-25-20-23-30-26-28-21-18-19-22-29(28)27-31(30)32/h18-23,25-27,33H,3-17,24H2,1-2H3. The minimum atomic E-state index is -0.561. The van der Waals surface area contributed by atoms with Gasteiger partial charge < -0.3 is 9.47 Å². The maximum absolute atomic E-state index is 12.7. The van der Waals surface area contributed by atoms with E-state index in [2.05, 4.69) is 49.4 Å². The van der Waals surface area contributed by atoms with Gasteiger partial charge in [-0.25, -0.2) is 4.79 Å². The largest absolute Gasteiger partial charge is 0.478 e. The molecule has 0 amide bonds. The second kappa shape index (κ2) is 17.1. The quantitative estimate of drug-likeness (QED) is 0.0925. The van der Waals surface area contributed by atoms with E-state index in [0.717, 1.165) is 29.4 Å². The monoisotopic (exact) mass is 504 g/mol. The molecule has 37 heavy (non-hydrogen) atoms. The minimum Gasteiger partial charge on any atom is -0.478 e. The van der Waals surface area contributed by atoms with Gasteiger partial charge in [-0.15, -0.1) is 0 Å². The molecule has 202 valence electrons. The second-order valence-corrected chi connectivity index (χ2v) is 10.4. The number of carbonyl (C=O) groups is 1. The van der Waals surface area contributed by atoms with Crippen LogP contribution in [0.1, 0.15) is 110 Å². The highest BCUT2D eigenvalue weighted by atomic mass is 16.6. The first kappa shape index (κ1) is 29.0. The van der Waals surface area contributed by atoms with Crippen molar-refractivity contribution >= 4 is 27.5 Å². The van der Waals surface area contributed by atoms with Crippen LogP contribution in [-0.4, -0.2) is 18.7 Å². The van der Waals surface area contributed by atoms with Gasteiger partial charge in [-0.3, -0.25) is 0 Å². The fourth-order valence-electron chi connectivity index (χ4n) is 5.18. The Balaban J connectivity index is 1.41. The zero-order chi connectivity index (χ0) is 26.1. The Labute approximate surface area is 224 Å². The van der Waals surface area contributed by atoms with Crippen molar-refractivity contribution in [3.63, 3.8) is 0 Å². The average Bonchev–Trinajstić information content (AvgIpc) is 2.91. The summed E-state index contributed by atoms with van der Waals surface area (Å²) >= 11 is 0. The third-order valence-electron chi connectivity index (χ3n) is 7.35. The van der Waals surface area contributed by atoms with Crippen molar-refractivity contribution in [1.82, 2.24) is 0 Å². The molecular formula is C34H48O3. The van der Waals surface area contributed by atoms with E-state index in [0.29, 0.717) is 13.0 Å². The third kappa shape index (κ3) is 10.0. The number of rotatable bonds is 19. The maximum atomic E-state index is 12.7. The Morgan fingerprint density at radius 1 is 0.649 bits per heavy atom. The van der Waals surface area contributed by atoms with Crippen molar-refractivity contribution in [3.05, 3.63) is 54.6 Å².